The van der Waals surface area contributed by atoms with E-state index in [2.05, 4.69) is 0 Å². The summed E-state index contributed by atoms with van der Waals surface area (Å²) in [6, 6.07) is 0. The molecule has 0 aromatic heterocycles. The van der Waals surface area contributed by atoms with Gasteiger partial charge in [-0.2, -0.15) is 0 Å². The van der Waals surface area contributed by atoms with Crippen LogP contribution in [-0.2, 0) is 9.59 Å². The summed E-state index contributed by atoms with van der Waals surface area (Å²) in [7, 11) is 0. The fourth-order valence-corrected chi connectivity index (χ4v) is 0.143. The van der Waals surface area contributed by atoms with Crippen LogP contribution in [0, 0.1) is 0 Å². The van der Waals surface area contributed by atoms with Crippen molar-refractivity contribution in [2.75, 3.05) is 5.88 Å². The molecule has 0 aromatic carbocycles. The minimum Gasteiger partial charge on any atom is -0.478 e. The molecule has 2 N–H and O–H groups in total. The number of halogens is 1. The van der Waals surface area contributed by atoms with Crippen LogP contribution in [0.15, 0.2) is 12.2 Å². The topological polar surface area (TPSA) is 74.6 Å². The third-order valence-corrected chi connectivity index (χ3v) is 0.368. The van der Waals surface area contributed by atoms with E-state index in [1.165, 1.54) is 0 Å². The third kappa shape index (κ3) is 27.6. The SMILES string of the molecule is CCCl.O=C(O)/C=C\C(=O)O. The van der Waals surface area contributed by atoms with Crippen LogP contribution in [-0.4, -0.2) is 28.0 Å². The van der Waals surface area contributed by atoms with Crippen molar-refractivity contribution in [1.82, 2.24) is 0 Å². The lowest BCUT2D eigenvalue weighted by Crippen LogP contribution is -1.91. The lowest BCUT2D eigenvalue weighted by Gasteiger charge is -1.74. The Kier molecular flexibility index (Phi) is 10.3. The molecule has 11 heavy (non-hydrogen) atoms. The molecule has 0 aliphatic rings. The number of alkyl halides is 1. The molecule has 0 saturated carbocycles. The van der Waals surface area contributed by atoms with Gasteiger partial charge in [0.1, 0.15) is 0 Å². The Bertz CT molecular complexity index is 137. The van der Waals surface area contributed by atoms with E-state index in [0.29, 0.717) is 12.2 Å². The lowest BCUT2D eigenvalue weighted by atomic mass is 10.5. The van der Waals surface area contributed by atoms with Crippen molar-refractivity contribution < 1.29 is 19.8 Å². The van der Waals surface area contributed by atoms with Gasteiger partial charge in [0.05, 0.1) is 0 Å². The van der Waals surface area contributed by atoms with Gasteiger partial charge in [-0.1, -0.05) is 6.92 Å². The van der Waals surface area contributed by atoms with Crippen LogP contribution in [0.25, 0.3) is 0 Å². The van der Waals surface area contributed by atoms with Crippen LogP contribution < -0.4 is 0 Å². The maximum absolute atomic E-state index is 9.55. The smallest absolute Gasteiger partial charge is 0.328 e. The zero-order chi connectivity index (χ0) is 9.28. The first kappa shape index (κ1) is 12.6. The summed E-state index contributed by atoms with van der Waals surface area (Å²) < 4.78 is 0. The van der Waals surface area contributed by atoms with Crippen molar-refractivity contribution in [3.63, 3.8) is 0 Å². The number of carboxylic acid groups (broad SMARTS) is 2. The average molecular weight is 181 g/mol. The van der Waals surface area contributed by atoms with Crippen molar-refractivity contribution in [2.24, 2.45) is 0 Å². The van der Waals surface area contributed by atoms with Crippen molar-refractivity contribution in [1.29, 1.82) is 0 Å². The second-order valence-corrected chi connectivity index (χ2v) is 1.81. The highest BCUT2D eigenvalue weighted by Crippen LogP contribution is 1.70. The van der Waals surface area contributed by atoms with E-state index in [1.54, 1.807) is 0 Å². The van der Waals surface area contributed by atoms with Gasteiger partial charge in [0, 0.05) is 18.0 Å². The molecule has 0 aromatic rings. The van der Waals surface area contributed by atoms with E-state index in [9.17, 15) is 9.59 Å². The molecule has 0 amide bonds. The summed E-state index contributed by atoms with van der Waals surface area (Å²) in [4.78, 5) is 19.1. The maximum Gasteiger partial charge on any atom is 0.328 e. The first-order chi connectivity index (χ1) is 5.04. The van der Waals surface area contributed by atoms with Gasteiger partial charge in [0.25, 0.3) is 0 Å². The Morgan fingerprint density at radius 1 is 1.27 bits per heavy atom. The lowest BCUT2D eigenvalue weighted by molar-refractivity contribution is -0.134. The Labute approximate surface area is 69.1 Å². The van der Waals surface area contributed by atoms with Crippen molar-refractivity contribution in [3.05, 3.63) is 12.2 Å². The fraction of sp³-hybridized carbons (Fsp3) is 0.333. The largest absolute Gasteiger partial charge is 0.478 e. The minimum atomic E-state index is -1.26. The molecule has 64 valence electrons. The van der Waals surface area contributed by atoms with E-state index in [0.717, 1.165) is 5.88 Å². The van der Waals surface area contributed by atoms with Crippen LogP contribution in [0.1, 0.15) is 6.92 Å². The van der Waals surface area contributed by atoms with Gasteiger partial charge >= 0.3 is 11.9 Å². The quantitative estimate of drug-likeness (QED) is 0.490. The molecule has 0 atom stereocenters. The number of rotatable bonds is 2. The second-order valence-electron chi connectivity index (χ2n) is 1.28. The van der Waals surface area contributed by atoms with Crippen molar-refractivity contribution >= 4 is 23.5 Å². The van der Waals surface area contributed by atoms with Crippen LogP contribution >= 0.6 is 11.6 Å². The molecular weight excluding hydrogens is 172 g/mol. The predicted molar refractivity (Wildman–Crippen MR) is 40.8 cm³/mol. The monoisotopic (exact) mass is 180 g/mol. The Morgan fingerprint density at radius 2 is 1.45 bits per heavy atom. The van der Waals surface area contributed by atoms with Crippen LogP contribution in [0.4, 0.5) is 0 Å². The molecule has 0 aliphatic heterocycles. The molecule has 0 heterocycles. The first-order valence-corrected chi connectivity index (χ1v) is 3.28. The number of carbonyl (C=O) groups is 2. The highest BCUT2D eigenvalue weighted by molar-refractivity contribution is 6.17. The van der Waals surface area contributed by atoms with Gasteiger partial charge in [-0.05, 0) is 0 Å². The number of aliphatic carboxylic acids is 2. The summed E-state index contributed by atoms with van der Waals surface area (Å²) in [5.74, 6) is -1.79. The van der Waals surface area contributed by atoms with E-state index in [1.807, 2.05) is 6.92 Å². The van der Waals surface area contributed by atoms with Crippen LogP contribution in [0.2, 0.25) is 0 Å². The van der Waals surface area contributed by atoms with Gasteiger partial charge in [-0.3, -0.25) is 0 Å². The number of carboxylic acids is 2. The maximum atomic E-state index is 9.55. The zero-order valence-corrected chi connectivity index (χ0v) is 6.71. The van der Waals surface area contributed by atoms with Gasteiger partial charge in [-0.25, -0.2) is 9.59 Å². The van der Waals surface area contributed by atoms with Crippen molar-refractivity contribution in [2.45, 2.75) is 6.92 Å². The zero-order valence-electron chi connectivity index (χ0n) is 5.95. The van der Waals surface area contributed by atoms with Gasteiger partial charge in [0.2, 0.25) is 0 Å². The van der Waals surface area contributed by atoms with Crippen molar-refractivity contribution in [3.8, 4) is 0 Å². The molecule has 0 unspecified atom stereocenters. The molecule has 5 heteroatoms. The Hall–Kier alpha value is -1.03. The third-order valence-electron chi connectivity index (χ3n) is 0.368. The summed E-state index contributed by atoms with van der Waals surface area (Å²) in [5.41, 5.74) is 0. The highest BCUT2D eigenvalue weighted by atomic mass is 35.5. The second kappa shape index (κ2) is 8.97. The highest BCUT2D eigenvalue weighted by Gasteiger charge is 1.88. The first-order valence-electron chi connectivity index (χ1n) is 2.74. The van der Waals surface area contributed by atoms with E-state index in [4.69, 9.17) is 21.8 Å². The average Bonchev–Trinajstić information content (AvgIpc) is 1.85. The Morgan fingerprint density at radius 3 is 1.55 bits per heavy atom. The molecule has 0 rings (SSSR count). The molecule has 0 bridgehead atoms. The summed E-state index contributed by atoms with van der Waals surface area (Å²) in [5, 5.41) is 15.6. The molecule has 0 saturated heterocycles. The van der Waals surface area contributed by atoms with Gasteiger partial charge < -0.3 is 10.2 Å². The number of hydrogen-bond donors (Lipinski definition) is 2. The molecule has 0 fully saturated rings. The summed E-state index contributed by atoms with van der Waals surface area (Å²) >= 11 is 5.00. The fourth-order valence-electron chi connectivity index (χ4n) is 0.143. The van der Waals surface area contributed by atoms with Gasteiger partial charge in [-0.15, -0.1) is 11.6 Å². The molecule has 0 aliphatic carbocycles. The molecule has 0 radical (unpaired) electrons. The number of hydrogen-bond acceptors (Lipinski definition) is 2. The normalized spacial score (nSPS) is 8.55. The van der Waals surface area contributed by atoms with Crippen LogP contribution in [0.5, 0.6) is 0 Å². The van der Waals surface area contributed by atoms with E-state index in [-0.39, 0.29) is 0 Å². The van der Waals surface area contributed by atoms with Gasteiger partial charge in [0.15, 0.2) is 0 Å². The Balaban J connectivity index is 0. The summed E-state index contributed by atoms with van der Waals surface area (Å²) in [6.45, 7) is 1.89. The minimum absolute atomic E-state index is 0.558. The van der Waals surface area contributed by atoms with E-state index >= 15 is 0 Å². The van der Waals surface area contributed by atoms with Crippen LogP contribution in [0.3, 0.4) is 0 Å². The molecular formula is C6H9ClO4. The predicted octanol–water partition coefficient (Wildman–Crippen LogP) is 0.957. The van der Waals surface area contributed by atoms with E-state index < -0.39 is 11.9 Å². The summed E-state index contributed by atoms with van der Waals surface area (Å²) in [6.07, 6.45) is 1.12. The molecule has 4 nitrogen and oxygen atoms in total. The molecule has 0 spiro atoms. The standard InChI is InChI=1S/C4H4O4.C2H5Cl/c5-3(6)1-2-4(7)8;1-2-3/h1-2H,(H,5,6)(H,7,8);2H2,1H3/b2-1-;.